The van der Waals surface area contributed by atoms with Crippen LogP contribution in [0.15, 0.2) is 6.20 Å². The van der Waals surface area contributed by atoms with E-state index in [1.54, 1.807) is 0 Å². The van der Waals surface area contributed by atoms with Gasteiger partial charge in [-0.05, 0) is 12.3 Å². The predicted octanol–water partition coefficient (Wildman–Crippen LogP) is 1.21. The summed E-state index contributed by atoms with van der Waals surface area (Å²) in [6.45, 7) is 4.85. The van der Waals surface area contributed by atoms with E-state index in [9.17, 15) is 4.79 Å². The molecule has 14 heavy (non-hydrogen) atoms. The lowest BCUT2D eigenvalue weighted by Crippen LogP contribution is -2.09. The Labute approximate surface area is 82.5 Å². The molecule has 3 N–H and O–H groups in total. The molecule has 0 aromatic carbocycles. The van der Waals surface area contributed by atoms with Gasteiger partial charge in [-0.1, -0.05) is 13.8 Å². The summed E-state index contributed by atoms with van der Waals surface area (Å²) < 4.78 is 1.53. The van der Waals surface area contributed by atoms with Crippen LogP contribution in [-0.4, -0.2) is 20.9 Å². The van der Waals surface area contributed by atoms with Crippen LogP contribution in [0.4, 0.5) is 5.82 Å². The van der Waals surface area contributed by atoms with Gasteiger partial charge in [0.25, 0.3) is 0 Å². The standard InChI is InChI=1S/C9H15N3O2/c1-6(2)3-4-12-8(10)7(5-11-12)9(13)14/h5-6H,3-4,10H2,1-2H3,(H,13,14). The Kier molecular flexibility index (Phi) is 3.11. The normalized spacial score (nSPS) is 10.8. The molecule has 78 valence electrons. The first-order valence-corrected chi connectivity index (χ1v) is 4.57. The Bertz CT molecular complexity index is 331. The highest BCUT2D eigenvalue weighted by Gasteiger charge is 2.13. The van der Waals surface area contributed by atoms with Crippen molar-refractivity contribution in [2.45, 2.75) is 26.8 Å². The van der Waals surface area contributed by atoms with Crippen molar-refractivity contribution in [2.24, 2.45) is 5.92 Å². The van der Waals surface area contributed by atoms with Crippen molar-refractivity contribution in [2.75, 3.05) is 5.73 Å². The van der Waals surface area contributed by atoms with Crippen LogP contribution >= 0.6 is 0 Å². The lowest BCUT2D eigenvalue weighted by Gasteiger charge is -2.06. The quantitative estimate of drug-likeness (QED) is 0.760. The van der Waals surface area contributed by atoms with Crippen molar-refractivity contribution < 1.29 is 9.90 Å². The number of aryl methyl sites for hydroxylation is 1. The number of aromatic nitrogens is 2. The number of nitrogens with zero attached hydrogens (tertiary/aromatic N) is 2. The van der Waals surface area contributed by atoms with E-state index in [1.807, 2.05) is 0 Å². The van der Waals surface area contributed by atoms with E-state index in [1.165, 1.54) is 10.9 Å². The number of carboxylic acids is 1. The van der Waals surface area contributed by atoms with E-state index in [0.29, 0.717) is 12.5 Å². The highest BCUT2D eigenvalue weighted by atomic mass is 16.4. The van der Waals surface area contributed by atoms with Crippen LogP contribution in [0.1, 0.15) is 30.6 Å². The van der Waals surface area contributed by atoms with E-state index in [4.69, 9.17) is 10.8 Å². The number of aromatic carboxylic acids is 1. The van der Waals surface area contributed by atoms with Crippen molar-refractivity contribution in [1.82, 2.24) is 9.78 Å². The first-order chi connectivity index (χ1) is 6.52. The number of nitrogen functional groups attached to an aromatic ring is 1. The summed E-state index contributed by atoms with van der Waals surface area (Å²) in [6, 6.07) is 0. The Morgan fingerprint density at radius 1 is 1.71 bits per heavy atom. The molecule has 0 aliphatic heterocycles. The lowest BCUT2D eigenvalue weighted by molar-refractivity contribution is 0.0698. The van der Waals surface area contributed by atoms with Crippen LogP contribution in [0.3, 0.4) is 0 Å². The van der Waals surface area contributed by atoms with Gasteiger partial charge in [-0.2, -0.15) is 5.10 Å². The summed E-state index contributed by atoms with van der Waals surface area (Å²) in [5.74, 6) is -0.247. The van der Waals surface area contributed by atoms with Crippen molar-refractivity contribution in [3.8, 4) is 0 Å². The van der Waals surface area contributed by atoms with Crippen molar-refractivity contribution in [3.63, 3.8) is 0 Å². The minimum atomic E-state index is -1.03. The molecular weight excluding hydrogens is 182 g/mol. The molecule has 0 spiro atoms. The second-order valence-corrected chi connectivity index (χ2v) is 3.65. The van der Waals surface area contributed by atoms with Gasteiger partial charge in [0.15, 0.2) is 0 Å². The van der Waals surface area contributed by atoms with Gasteiger partial charge in [0.1, 0.15) is 11.4 Å². The van der Waals surface area contributed by atoms with E-state index in [2.05, 4.69) is 18.9 Å². The molecule has 5 heteroatoms. The molecule has 0 saturated carbocycles. The minimum absolute atomic E-state index is 0.0776. The van der Waals surface area contributed by atoms with Gasteiger partial charge >= 0.3 is 5.97 Å². The molecule has 0 amide bonds. The topological polar surface area (TPSA) is 81.1 Å². The summed E-state index contributed by atoms with van der Waals surface area (Å²) in [7, 11) is 0. The second kappa shape index (κ2) is 4.13. The SMILES string of the molecule is CC(C)CCn1ncc(C(=O)O)c1N. The van der Waals surface area contributed by atoms with Crippen molar-refractivity contribution in [1.29, 1.82) is 0 Å². The van der Waals surface area contributed by atoms with E-state index in [0.717, 1.165) is 6.42 Å². The number of hydrogen-bond acceptors (Lipinski definition) is 3. The number of hydrogen-bond donors (Lipinski definition) is 2. The predicted molar refractivity (Wildman–Crippen MR) is 53.1 cm³/mol. The fraction of sp³-hybridized carbons (Fsp3) is 0.556. The number of carboxylic acid groups (broad SMARTS) is 1. The van der Waals surface area contributed by atoms with E-state index in [-0.39, 0.29) is 11.4 Å². The fourth-order valence-electron chi connectivity index (χ4n) is 1.12. The molecule has 0 atom stereocenters. The zero-order valence-electron chi connectivity index (χ0n) is 8.40. The average Bonchev–Trinajstić information content (AvgIpc) is 2.43. The molecule has 0 aliphatic carbocycles. The van der Waals surface area contributed by atoms with Gasteiger partial charge in [0.2, 0.25) is 0 Å². The maximum Gasteiger partial charge on any atom is 0.341 e. The van der Waals surface area contributed by atoms with Gasteiger partial charge in [0.05, 0.1) is 6.20 Å². The van der Waals surface area contributed by atoms with Crippen molar-refractivity contribution in [3.05, 3.63) is 11.8 Å². The number of rotatable bonds is 4. The van der Waals surface area contributed by atoms with Gasteiger partial charge < -0.3 is 10.8 Å². The zero-order chi connectivity index (χ0) is 10.7. The summed E-state index contributed by atoms with van der Waals surface area (Å²) in [6.07, 6.45) is 2.23. The molecule has 1 aromatic heterocycles. The van der Waals surface area contributed by atoms with Gasteiger partial charge in [-0.15, -0.1) is 0 Å². The molecule has 0 fully saturated rings. The average molecular weight is 197 g/mol. The molecule has 1 rings (SSSR count). The first-order valence-electron chi connectivity index (χ1n) is 4.57. The van der Waals surface area contributed by atoms with Crippen LogP contribution in [0.5, 0.6) is 0 Å². The second-order valence-electron chi connectivity index (χ2n) is 3.65. The lowest BCUT2D eigenvalue weighted by atomic mass is 10.1. The number of nitrogens with two attached hydrogens (primary N) is 1. The van der Waals surface area contributed by atoms with Crippen LogP contribution in [-0.2, 0) is 6.54 Å². The zero-order valence-corrected chi connectivity index (χ0v) is 8.40. The van der Waals surface area contributed by atoms with Crippen molar-refractivity contribution >= 4 is 11.8 Å². The van der Waals surface area contributed by atoms with Crippen LogP contribution in [0.25, 0.3) is 0 Å². The summed E-state index contributed by atoms with van der Waals surface area (Å²) >= 11 is 0. The highest BCUT2D eigenvalue weighted by molar-refractivity contribution is 5.92. The molecule has 0 unspecified atom stereocenters. The van der Waals surface area contributed by atoms with Crippen LogP contribution in [0, 0.1) is 5.92 Å². The third kappa shape index (κ3) is 2.25. The summed E-state index contributed by atoms with van der Waals surface area (Å²) in [5, 5.41) is 12.6. The fourth-order valence-corrected chi connectivity index (χ4v) is 1.12. The monoisotopic (exact) mass is 197 g/mol. The largest absolute Gasteiger partial charge is 0.477 e. The van der Waals surface area contributed by atoms with Crippen LogP contribution in [0.2, 0.25) is 0 Å². The highest BCUT2D eigenvalue weighted by Crippen LogP contribution is 2.12. The van der Waals surface area contributed by atoms with E-state index < -0.39 is 5.97 Å². The van der Waals surface area contributed by atoms with Gasteiger partial charge in [-0.25, -0.2) is 9.48 Å². The Morgan fingerprint density at radius 2 is 2.36 bits per heavy atom. The molecule has 0 radical (unpaired) electrons. The van der Waals surface area contributed by atoms with Gasteiger partial charge in [-0.3, -0.25) is 0 Å². The van der Waals surface area contributed by atoms with Crippen LogP contribution < -0.4 is 5.73 Å². The third-order valence-corrected chi connectivity index (χ3v) is 2.03. The van der Waals surface area contributed by atoms with E-state index >= 15 is 0 Å². The number of anilines is 1. The minimum Gasteiger partial charge on any atom is -0.477 e. The maximum absolute atomic E-state index is 10.6. The Morgan fingerprint density at radius 3 is 2.79 bits per heavy atom. The Balaban J connectivity index is 2.74. The molecular formula is C9H15N3O2. The maximum atomic E-state index is 10.6. The van der Waals surface area contributed by atoms with Gasteiger partial charge in [0, 0.05) is 6.54 Å². The molecule has 0 saturated heterocycles. The molecule has 1 aromatic rings. The first kappa shape index (κ1) is 10.6. The molecule has 0 aliphatic rings. The Hall–Kier alpha value is -1.52. The third-order valence-electron chi connectivity index (χ3n) is 2.03. The molecule has 1 heterocycles. The molecule has 0 bridgehead atoms. The number of carbonyl (C=O) groups is 1. The summed E-state index contributed by atoms with van der Waals surface area (Å²) in [4.78, 5) is 10.6. The summed E-state index contributed by atoms with van der Waals surface area (Å²) in [5.41, 5.74) is 5.69. The smallest absolute Gasteiger partial charge is 0.341 e. The molecule has 5 nitrogen and oxygen atoms in total.